The number of rotatable bonds is 1. The van der Waals surface area contributed by atoms with Gasteiger partial charge >= 0.3 is 0 Å². The van der Waals surface area contributed by atoms with Crippen LogP contribution in [0.3, 0.4) is 0 Å². The molecule has 3 heteroatoms. The molecule has 2 radical (unpaired) electrons. The Morgan fingerprint density at radius 1 is 1.73 bits per heavy atom. The van der Waals surface area contributed by atoms with Crippen molar-refractivity contribution in [1.82, 2.24) is 0 Å². The van der Waals surface area contributed by atoms with E-state index in [4.69, 9.17) is 13.0 Å². The standard InChI is InChI=1S/C8H13BO2/c1-5-2-6(4-10)8(11)3-7(5)9/h2,6-8,10-11H,3-4H2,1H3. The first-order valence-electron chi connectivity index (χ1n) is 3.88. The van der Waals surface area contributed by atoms with Crippen LogP contribution in [-0.2, 0) is 0 Å². The quantitative estimate of drug-likeness (QED) is 0.418. The van der Waals surface area contributed by atoms with Crippen molar-refractivity contribution in [2.24, 2.45) is 5.92 Å². The SMILES string of the molecule is [B]C1CC(O)C(CO)C=C1C. The Hall–Kier alpha value is -0.275. The monoisotopic (exact) mass is 152 g/mol. The van der Waals surface area contributed by atoms with Gasteiger partial charge in [0.1, 0.15) is 0 Å². The van der Waals surface area contributed by atoms with Crippen LogP contribution < -0.4 is 0 Å². The molecule has 3 atom stereocenters. The van der Waals surface area contributed by atoms with E-state index in [0.717, 1.165) is 5.57 Å². The lowest BCUT2D eigenvalue weighted by Crippen LogP contribution is -2.28. The van der Waals surface area contributed by atoms with Crippen molar-refractivity contribution in [3.63, 3.8) is 0 Å². The highest BCUT2D eigenvalue weighted by Gasteiger charge is 2.24. The number of aliphatic hydroxyl groups is 2. The van der Waals surface area contributed by atoms with E-state index in [2.05, 4.69) is 0 Å². The molecule has 1 rings (SSSR count). The molecule has 0 fully saturated rings. The number of allylic oxidation sites excluding steroid dienone is 1. The lowest BCUT2D eigenvalue weighted by Gasteiger charge is -2.28. The molecule has 0 saturated carbocycles. The highest BCUT2D eigenvalue weighted by atomic mass is 16.3. The Labute approximate surface area is 68.3 Å². The maximum Gasteiger partial charge on any atom is 0.0760 e. The fraction of sp³-hybridized carbons (Fsp3) is 0.750. The van der Waals surface area contributed by atoms with Crippen LogP contribution in [0.25, 0.3) is 0 Å². The zero-order valence-electron chi connectivity index (χ0n) is 6.70. The van der Waals surface area contributed by atoms with Gasteiger partial charge in [0.05, 0.1) is 20.6 Å². The minimum absolute atomic E-state index is 0.00519. The summed E-state index contributed by atoms with van der Waals surface area (Å²) in [6.07, 6.45) is 1.95. The van der Waals surface area contributed by atoms with Crippen molar-refractivity contribution in [2.75, 3.05) is 6.61 Å². The smallest absolute Gasteiger partial charge is 0.0760 e. The molecular formula is C8H13BO2. The summed E-state index contributed by atoms with van der Waals surface area (Å²) < 4.78 is 0. The van der Waals surface area contributed by atoms with Crippen LogP contribution in [0, 0.1) is 5.92 Å². The minimum atomic E-state index is -0.473. The molecule has 0 amide bonds. The second kappa shape index (κ2) is 3.41. The molecule has 3 unspecified atom stereocenters. The highest BCUT2D eigenvalue weighted by Crippen LogP contribution is 2.29. The molecule has 0 aromatic carbocycles. The van der Waals surface area contributed by atoms with Gasteiger partial charge in [0.25, 0.3) is 0 Å². The molecule has 0 saturated heterocycles. The van der Waals surface area contributed by atoms with E-state index in [0.29, 0.717) is 6.42 Å². The zero-order valence-corrected chi connectivity index (χ0v) is 6.70. The molecule has 0 bridgehead atoms. The fourth-order valence-corrected chi connectivity index (χ4v) is 1.37. The second-order valence-corrected chi connectivity index (χ2v) is 3.17. The Kier molecular flexibility index (Phi) is 2.74. The van der Waals surface area contributed by atoms with E-state index in [9.17, 15) is 5.11 Å². The average Bonchev–Trinajstić information content (AvgIpc) is 1.97. The highest BCUT2D eigenvalue weighted by molar-refractivity contribution is 6.13. The third-order valence-electron chi connectivity index (χ3n) is 2.26. The van der Waals surface area contributed by atoms with Crippen LogP contribution in [0.2, 0.25) is 5.82 Å². The molecule has 11 heavy (non-hydrogen) atoms. The van der Waals surface area contributed by atoms with Gasteiger partial charge in [-0.05, 0) is 13.3 Å². The van der Waals surface area contributed by atoms with Crippen molar-refractivity contribution < 1.29 is 10.2 Å². The van der Waals surface area contributed by atoms with Crippen molar-refractivity contribution in [1.29, 1.82) is 0 Å². The summed E-state index contributed by atoms with van der Waals surface area (Å²) in [6.45, 7) is 1.93. The van der Waals surface area contributed by atoms with Gasteiger partial charge in [-0.2, -0.15) is 0 Å². The zero-order chi connectivity index (χ0) is 8.43. The van der Waals surface area contributed by atoms with E-state index in [1.54, 1.807) is 0 Å². The molecule has 1 aliphatic carbocycles. The fourth-order valence-electron chi connectivity index (χ4n) is 1.37. The predicted molar refractivity (Wildman–Crippen MR) is 44.5 cm³/mol. The third kappa shape index (κ3) is 1.85. The van der Waals surface area contributed by atoms with Crippen molar-refractivity contribution in [3.05, 3.63) is 11.6 Å². The lowest BCUT2D eigenvalue weighted by atomic mass is 9.71. The van der Waals surface area contributed by atoms with Gasteiger partial charge < -0.3 is 10.2 Å². The Balaban J connectivity index is 2.69. The van der Waals surface area contributed by atoms with Crippen molar-refractivity contribution >= 4 is 7.85 Å². The van der Waals surface area contributed by atoms with Gasteiger partial charge in [0.15, 0.2) is 0 Å². The summed E-state index contributed by atoms with van der Waals surface area (Å²) >= 11 is 0. The van der Waals surface area contributed by atoms with Crippen molar-refractivity contribution in [2.45, 2.75) is 25.3 Å². The summed E-state index contributed by atoms with van der Waals surface area (Å²) in [5, 5.41) is 18.2. The first-order chi connectivity index (χ1) is 5.15. The molecule has 60 valence electrons. The van der Waals surface area contributed by atoms with Gasteiger partial charge in [-0.1, -0.05) is 17.5 Å². The number of aliphatic hydroxyl groups excluding tert-OH is 2. The van der Waals surface area contributed by atoms with Gasteiger partial charge in [-0.3, -0.25) is 0 Å². The maximum absolute atomic E-state index is 9.37. The van der Waals surface area contributed by atoms with E-state index >= 15 is 0 Å². The first-order valence-corrected chi connectivity index (χ1v) is 3.88. The van der Waals surface area contributed by atoms with Crippen LogP contribution in [0.15, 0.2) is 11.6 Å². The molecule has 0 aromatic rings. The Bertz CT molecular complexity index is 167. The summed E-state index contributed by atoms with van der Waals surface area (Å²) in [7, 11) is 5.68. The minimum Gasteiger partial charge on any atom is -0.396 e. The van der Waals surface area contributed by atoms with E-state index in [-0.39, 0.29) is 18.3 Å². The van der Waals surface area contributed by atoms with Crippen LogP contribution in [0.4, 0.5) is 0 Å². The van der Waals surface area contributed by atoms with E-state index in [1.165, 1.54) is 0 Å². The Morgan fingerprint density at radius 3 is 2.91 bits per heavy atom. The van der Waals surface area contributed by atoms with Crippen LogP contribution in [0.1, 0.15) is 13.3 Å². The number of hydrogen-bond donors (Lipinski definition) is 2. The molecule has 0 aliphatic heterocycles. The summed E-state index contributed by atoms with van der Waals surface area (Å²) in [5.41, 5.74) is 1.06. The topological polar surface area (TPSA) is 40.5 Å². The molecule has 2 nitrogen and oxygen atoms in total. The van der Waals surface area contributed by atoms with Crippen molar-refractivity contribution in [3.8, 4) is 0 Å². The summed E-state index contributed by atoms with van der Waals surface area (Å²) in [5.74, 6) is -0.150. The van der Waals surface area contributed by atoms with Gasteiger partial charge in [-0.25, -0.2) is 0 Å². The molecule has 0 spiro atoms. The molecular weight excluding hydrogens is 139 g/mol. The average molecular weight is 152 g/mol. The van der Waals surface area contributed by atoms with Gasteiger partial charge in [-0.15, -0.1) is 0 Å². The molecule has 0 heterocycles. The van der Waals surface area contributed by atoms with Crippen LogP contribution in [-0.4, -0.2) is 30.8 Å². The summed E-state index contributed by atoms with van der Waals surface area (Å²) in [6, 6.07) is 0. The predicted octanol–water partition coefficient (Wildman–Crippen LogP) is 0.263. The van der Waals surface area contributed by atoms with E-state index < -0.39 is 6.10 Å². The molecule has 1 aliphatic rings. The Morgan fingerprint density at radius 2 is 2.36 bits per heavy atom. The summed E-state index contributed by atoms with van der Waals surface area (Å²) in [4.78, 5) is 0. The lowest BCUT2D eigenvalue weighted by molar-refractivity contribution is 0.0791. The van der Waals surface area contributed by atoms with Gasteiger partial charge in [0.2, 0.25) is 0 Å². The van der Waals surface area contributed by atoms with Gasteiger partial charge in [0, 0.05) is 5.92 Å². The molecule has 2 N–H and O–H groups in total. The molecule has 0 aromatic heterocycles. The van der Waals surface area contributed by atoms with E-state index in [1.807, 2.05) is 13.0 Å². The largest absolute Gasteiger partial charge is 0.396 e. The van der Waals surface area contributed by atoms with Crippen LogP contribution in [0.5, 0.6) is 0 Å². The first kappa shape index (κ1) is 8.82. The van der Waals surface area contributed by atoms with Crippen LogP contribution >= 0.6 is 0 Å². The second-order valence-electron chi connectivity index (χ2n) is 3.17. The maximum atomic E-state index is 9.37. The third-order valence-corrected chi connectivity index (χ3v) is 2.26. The number of hydrogen-bond acceptors (Lipinski definition) is 2. The normalized spacial score (nSPS) is 38.5.